The van der Waals surface area contributed by atoms with Crippen LogP contribution in [0.25, 0.3) is 10.8 Å². The largest absolute Gasteiger partial charge is 0.424 e. The second kappa shape index (κ2) is 8.86. The predicted octanol–water partition coefficient (Wildman–Crippen LogP) is 5.44. The summed E-state index contributed by atoms with van der Waals surface area (Å²) in [5.41, 5.74) is 1.97. The highest BCUT2D eigenvalue weighted by molar-refractivity contribution is 5.95. The number of carbonyl (C=O) groups excluding carboxylic acids is 1. The molecular weight excluding hydrogens is 424 g/mol. The molecule has 2 aromatic carbocycles. The highest BCUT2D eigenvalue weighted by atomic mass is 16.5. The molecular formula is C28H26N4O2. The van der Waals surface area contributed by atoms with Gasteiger partial charge >= 0.3 is 6.01 Å². The van der Waals surface area contributed by atoms with Gasteiger partial charge in [-0.05, 0) is 73.2 Å². The van der Waals surface area contributed by atoms with Gasteiger partial charge in [0.25, 0.3) is 5.91 Å². The zero-order valence-electron chi connectivity index (χ0n) is 18.9. The van der Waals surface area contributed by atoms with Crippen LogP contribution in [0.1, 0.15) is 41.6 Å². The van der Waals surface area contributed by atoms with Crippen LogP contribution in [0.4, 0.5) is 0 Å². The first kappa shape index (κ1) is 20.8. The molecule has 34 heavy (non-hydrogen) atoms. The first-order chi connectivity index (χ1) is 16.7. The van der Waals surface area contributed by atoms with E-state index in [1.165, 1.54) is 16.3 Å². The maximum Gasteiger partial charge on any atom is 0.321 e. The van der Waals surface area contributed by atoms with Gasteiger partial charge in [-0.3, -0.25) is 9.78 Å². The number of hydrogen-bond acceptors (Lipinski definition) is 5. The second-order valence-corrected chi connectivity index (χ2v) is 9.32. The number of pyridine rings is 1. The van der Waals surface area contributed by atoms with Crippen LogP contribution >= 0.6 is 0 Å². The van der Waals surface area contributed by atoms with E-state index in [9.17, 15) is 4.79 Å². The Balaban J connectivity index is 1.17. The summed E-state index contributed by atoms with van der Waals surface area (Å²) in [7, 11) is 0. The van der Waals surface area contributed by atoms with Crippen molar-refractivity contribution in [2.45, 2.75) is 44.2 Å². The summed E-state index contributed by atoms with van der Waals surface area (Å²) in [5, 5.41) is 2.49. The zero-order chi connectivity index (χ0) is 22.9. The van der Waals surface area contributed by atoms with Crippen molar-refractivity contribution in [2.75, 3.05) is 0 Å². The van der Waals surface area contributed by atoms with E-state index in [0.717, 1.165) is 32.1 Å². The molecule has 0 saturated carbocycles. The van der Waals surface area contributed by atoms with Gasteiger partial charge < -0.3 is 9.64 Å². The molecule has 6 heteroatoms. The lowest BCUT2D eigenvalue weighted by molar-refractivity contribution is 0.0524. The first-order valence-electron chi connectivity index (χ1n) is 11.9. The second-order valence-electron chi connectivity index (χ2n) is 9.32. The number of hydrogen-bond donors (Lipinski definition) is 0. The van der Waals surface area contributed by atoms with E-state index in [-0.39, 0.29) is 11.9 Å². The van der Waals surface area contributed by atoms with E-state index in [1.807, 2.05) is 30.6 Å². The van der Waals surface area contributed by atoms with Crippen molar-refractivity contribution in [3.8, 4) is 11.8 Å². The fraction of sp³-hybridized carbons (Fsp3) is 0.286. The Morgan fingerprint density at radius 2 is 1.74 bits per heavy atom. The Labute approximate surface area is 198 Å². The van der Waals surface area contributed by atoms with Crippen LogP contribution in [0.5, 0.6) is 11.8 Å². The van der Waals surface area contributed by atoms with Gasteiger partial charge in [0.15, 0.2) is 0 Å². The number of rotatable bonds is 5. The van der Waals surface area contributed by atoms with E-state index in [1.54, 1.807) is 24.5 Å². The van der Waals surface area contributed by atoms with Gasteiger partial charge in [0.2, 0.25) is 0 Å². The average molecular weight is 451 g/mol. The van der Waals surface area contributed by atoms with Crippen LogP contribution in [0.3, 0.4) is 0 Å². The summed E-state index contributed by atoms with van der Waals surface area (Å²) in [6.45, 7) is 0. The normalized spacial score (nSPS) is 21.5. The van der Waals surface area contributed by atoms with Gasteiger partial charge in [-0.15, -0.1) is 0 Å². The molecule has 2 fully saturated rings. The van der Waals surface area contributed by atoms with Crippen molar-refractivity contribution >= 4 is 16.7 Å². The van der Waals surface area contributed by atoms with E-state index in [2.05, 4.69) is 44.1 Å². The lowest BCUT2D eigenvalue weighted by Gasteiger charge is -2.39. The third-order valence-corrected chi connectivity index (χ3v) is 7.16. The van der Waals surface area contributed by atoms with E-state index >= 15 is 0 Å². The van der Waals surface area contributed by atoms with E-state index in [4.69, 9.17) is 4.74 Å². The fourth-order valence-corrected chi connectivity index (χ4v) is 5.73. The van der Waals surface area contributed by atoms with Crippen LogP contribution in [0, 0.1) is 5.92 Å². The van der Waals surface area contributed by atoms with Crippen molar-refractivity contribution in [2.24, 2.45) is 5.92 Å². The molecule has 170 valence electrons. The van der Waals surface area contributed by atoms with Crippen molar-refractivity contribution < 1.29 is 9.53 Å². The van der Waals surface area contributed by atoms with Crippen LogP contribution in [0.2, 0.25) is 0 Å². The molecule has 0 spiro atoms. The predicted molar refractivity (Wildman–Crippen MR) is 130 cm³/mol. The van der Waals surface area contributed by atoms with Crippen molar-refractivity contribution in [3.63, 3.8) is 0 Å². The fourth-order valence-electron chi connectivity index (χ4n) is 5.73. The van der Waals surface area contributed by atoms with E-state index in [0.29, 0.717) is 29.3 Å². The molecule has 2 bridgehead atoms. The van der Waals surface area contributed by atoms with Gasteiger partial charge in [-0.2, -0.15) is 0 Å². The lowest BCUT2D eigenvalue weighted by Crippen LogP contribution is -2.46. The minimum Gasteiger partial charge on any atom is -0.424 e. The maximum absolute atomic E-state index is 13.5. The van der Waals surface area contributed by atoms with Gasteiger partial charge in [0.05, 0.1) is 0 Å². The van der Waals surface area contributed by atoms with E-state index < -0.39 is 0 Å². The minimum atomic E-state index is 0.0946. The maximum atomic E-state index is 13.5. The summed E-state index contributed by atoms with van der Waals surface area (Å²) >= 11 is 0. The third-order valence-electron chi connectivity index (χ3n) is 7.16. The number of carbonyl (C=O) groups is 1. The molecule has 4 aromatic rings. The van der Waals surface area contributed by atoms with Gasteiger partial charge in [0, 0.05) is 47.8 Å². The zero-order valence-corrected chi connectivity index (χ0v) is 18.9. The SMILES string of the molecule is O=C(c1cccc(Oc2ncccn2)c1)N1C2CCC1CC(Cc1cncc3ccccc13)C2. The van der Waals surface area contributed by atoms with Crippen LogP contribution in [-0.2, 0) is 6.42 Å². The van der Waals surface area contributed by atoms with Gasteiger partial charge in [-0.1, -0.05) is 30.3 Å². The molecule has 1 amide bonds. The molecule has 6 nitrogen and oxygen atoms in total. The molecule has 2 aliphatic rings. The Bertz CT molecular complexity index is 1310. The smallest absolute Gasteiger partial charge is 0.321 e. The molecule has 6 rings (SSSR count). The van der Waals surface area contributed by atoms with Crippen molar-refractivity contribution in [1.82, 2.24) is 19.9 Å². The van der Waals surface area contributed by atoms with Gasteiger partial charge in [0.1, 0.15) is 5.75 Å². The first-order valence-corrected chi connectivity index (χ1v) is 11.9. The molecule has 2 aromatic heterocycles. The van der Waals surface area contributed by atoms with Crippen LogP contribution < -0.4 is 4.74 Å². The van der Waals surface area contributed by atoms with Crippen molar-refractivity contribution in [3.05, 3.63) is 90.5 Å². The topological polar surface area (TPSA) is 68.2 Å². The summed E-state index contributed by atoms with van der Waals surface area (Å²) in [6, 6.07) is 18.4. The molecule has 2 unspecified atom stereocenters. The quantitative estimate of drug-likeness (QED) is 0.405. The molecule has 0 aliphatic carbocycles. The lowest BCUT2D eigenvalue weighted by atomic mass is 9.85. The third kappa shape index (κ3) is 4.00. The molecule has 2 saturated heterocycles. The molecule has 0 N–H and O–H groups in total. The number of amides is 1. The number of aromatic nitrogens is 3. The highest BCUT2D eigenvalue weighted by Gasteiger charge is 2.43. The molecule has 2 aliphatic heterocycles. The Morgan fingerprint density at radius 3 is 2.56 bits per heavy atom. The van der Waals surface area contributed by atoms with Crippen molar-refractivity contribution in [1.29, 1.82) is 0 Å². The highest BCUT2D eigenvalue weighted by Crippen LogP contribution is 2.41. The number of ether oxygens (including phenoxy) is 1. The minimum absolute atomic E-state index is 0.0946. The number of nitrogens with zero attached hydrogens (tertiary/aromatic N) is 4. The molecule has 4 heterocycles. The van der Waals surface area contributed by atoms with Crippen LogP contribution in [0.15, 0.2) is 79.4 Å². The molecule has 2 atom stereocenters. The standard InChI is InChI=1S/C28H26N4O2/c33-27(20-6-3-7-25(16-20)34-28-30-11-4-12-31-28)32-23-9-10-24(32)15-19(14-23)13-22-18-29-17-21-5-1-2-8-26(21)22/h1-8,11-12,16-19,23-24H,9-10,13-15H2. The Hall–Kier alpha value is -3.80. The number of benzene rings is 2. The molecule has 0 radical (unpaired) electrons. The Kier molecular flexibility index (Phi) is 5.41. The number of piperidine rings is 1. The summed E-state index contributed by atoms with van der Waals surface area (Å²) in [5.74, 6) is 1.24. The monoisotopic (exact) mass is 450 g/mol. The summed E-state index contributed by atoms with van der Waals surface area (Å²) in [6.07, 6.45) is 12.5. The average Bonchev–Trinajstić information content (AvgIpc) is 3.14. The Morgan fingerprint density at radius 1 is 0.941 bits per heavy atom. The summed E-state index contributed by atoms with van der Waals surface area (Å²) in [4.78, 5) is 28.3. The number of fused-ring (bicyclic) bond motifs is 3. The summed E-state index contributed by atoms with van der Waals surface area (Å²) < 4.78 is 5.75. The van der Waals surface area contributed by atoms with Crippen LogP contribution in [-0.4, -0.2) is 37.8 Å². The van der Waals surface area contributed by atoms with Gasteiger partial charge in [-0.25, -0.2) is 9.97 Å².